The Morgan fingerprint density at radius 2 is 2.17 bits per heavy atom. The molecule has 0 saturated heterocycles. The van der Waals surface area contributed by atoms with Crippen LogP contribution in [0.3, 0.4) is 0 Å². The summed E-state index contributed by atoms with van der Waals surface area (Å²) in [5, 5.41) is 9.23. The molecule has 1 atom stereocenters. The van der Waals surface area contributed by atoms with E-state index in [1.165, 1.54) is 7.11 Å². The van der Waals surface area contributed by atoms with Gasteiger partial charge in [-0.3, -0.25) is 0 Å². The topological polar surface area (TPSA) is 33.0 Å². The lowest BCUT2D eigenvalue weighted by molar-refractivity contribution is 0.148. The molecular formula is C9H8ClNO. The summed E-state index contributed by atoms with van der Waals surface area (Å²) < 4.78 is 4.92. The normalized spacial score (nSPS) is 12.1. The van der Waals surface area contributed by atoms with E-state index in [1.54, 1.807) is 12.1 Å². The molecule has 0 aliphatic heterocycles. The van der Waals surface area contributed by atoms with E-state index in [0.29, 0.717) is 10.6 Å². The number of benzene rings is 1. The zero-order chi connectivity index (χ0) is 8.97. The Labute approximate surface area is 76.3 Å². The van der Waals surface area contributed by atoms with E-state index >= 15 is 0 Å². The van der Waals surface area contributed by atoms with Crippen LogP contribution in [-0.4, -0.2) is 7.11 Å². The first-order valence-electron chi connectivity index (χ1n) is 3.46. The molecule has 0 amide bonds. The Bertz CT molecular complexity index is 306. The summed E-state index contributed by atoms with van der Waals surface area (Å²) in [7, 11) is 1.48. The van der Waals surface area contributed by atoms with Crippen LogP contribution in [0.25, 0.3) is 0 Å². The predicted octanol–water partition coefficient (Wildman–Crippen LogP) is 2.55. The van der Waals surface area contributed by atoms with E-state index in [4.69, 9.17) is 21.6 Å². The van der Waals surface area contributed by atoms with Crippen molar-refractivity contribution in [3.63, 3.8) is 0 Å². The van der Waals surface area contributed by atoms with Crippen LogP contribution in [0.4, 0.5) is 0 Å². The number of rotatable bonds is 2. The number of hydrogen-bond acceptors (Lipinski definition) is 2. The number of nitrogens with zero attached hydrogens (tertiary/aromatic N) is 1. The average Bonchev–Trinajstić information content (AvgIpc) is 2.10. The zero-order valence-corrected chi connectivity index (χ0v) is 7.38. The van der Waals surface area contributed by atoms with Crippen molar-refractivity contribution in [3.8, 4) is 6.07 Å². The molecule has 0 saturated carbocycles. The van der Waals surface area contributed by atoms with Crippen LogP contribution in [0.2, 0.25) is 5.02 Å². The highest BCUT2D eigenvalue weighted by Gasteiger charge is 2.11. The summed E-state index contributed by atoms with van der Waals surface area (Å²) >= 11 is 5.85. The fraction of sp³-hybridized carbons (Fsp3) is 0.222. The number of methoxy groups -OCH3 is 1. The van der Waals surface area contributed by atoms with Crippen molar-refractivity contribution >= 4 is 11.6 Å². The van der Waals surface area contributed by atoms with Gasteiger partial charge in [0.15, 0.2) is 6.10 Å². The molecule has 0 spiro atoms. The molecule has 0 radical (unpaired) electrons. The minimum atomic E-state index is -0.571. The molecule has 0 bridgehead atoms. The molecule has 12 heavy (non-hydrogen) atoms. The van der Waals surface area contributed by atoms with Crippen molar-refractivity contribution in [1.82, 2.24) is 0 Å². The van der Waals surface area contributed by atoms with Gasteiger partial charge in [0.2, 0.25) is 0 Å². The first-order chi connectivity index (χ1) is 5.79. The molecule has 0 aliphatic carbocycles. The zero-order valence-electron chi connectivity index (χ0n) is 6.62. The van der Waals surface area contributed by atoms with Crippen molar-refractivity contribution in [2.75, 3.05) is 7.11 Å². The van der Waals surface area contributed by atoms with Gasteiger partial charge in [0.1, 0.15) is 0 Å². The molecule has 0 N–H and O–H groups in total. The van der Waals surface area contributed by atoms with Crippen LogP contribution in [0.1, 0.15) is 11.7 Å². The molecule has 0 aromatic heterocycles. The van der Waals surface area contributed by atoms with Gasteiger partial charge < -0.3 is 4.74 Å². The van der Waals surface area contributed by atoms with Gasteiger partial charge in [0.05, 0.1) is 6.07 Å². The molecule has 0 heterocycles. The first kappa shape index (κ1) is 9.05. The summed E-state index contributed by atoms with van der Waals surface area (Å²) in [6.45, 7) is 0. The Balaban J connectivity index is 3.02. The second kappa shape index (κ2) is 4.10. The van der Waals surface area contributed by atoms with Gasteiger partial charge in [-0.15, -0.1) is 0 Å². The van der Waals surface area contributed by atoms with Gasteiger partial charge in [-0.05, 0) is 6.07 Å². The van der Waals surface area contributed by atoms with Crippen molar-refractivity contribution in [1.29, 1.82) is 5.26 Å². The van der Waals surface area contributed by atoms with E-state index in [9.17, 15) is 0 Å². The maximum Gasteiger partial charge on any atom is 0.170 e. The van der Waals surface area contributed by atoms with E-state index in [0.717, 1.165) is 0 Å². The van der Waals surface area contributed by atoms with Gasteiger partial charge in [0, 0.05) is 17.7 Å². The van der Waals surface area contributed by atoms with Gasteiger partial charge in [-0.25, -0.2) is 0 Å². The highest BCUT2D eigenvalue weighted by atomic mass is 35.5. The Morgan fingerprint density at radius 1 is 1.50 bits per heavy atom. The third kappa shape index (κ3) is 1.76. The van der Waals surface area contributed by atoms with Gasteiger partial charge in [-0.2, -0.15) is 5.26 Å². The third-order valence-corrected chi connectivity index (χ3v) is 1.88. The Hall–Kier alpha value is -1.04. The Morgan fingerprint density at radius 3 is 2.67 bits per heavy atom. The van der Waals surface area contributed by atoms with Crippen molar-refractivity contribution in [2.45, 2.75) is 6.10 Å². The van der Waals surface area contributed by atoms with Crippen LogP contribution >= 0.6 is 11.6 Å². The smallest absolute Gasteiger partial charge is 0.170 e. The highest BCUT2D eigenvalue weighted by molar-refractivity contribution is 6.31. The molecule has 1 aromatic rings. The SMILES string of the molecule is CO[C@@H](C#N)c1ccccc1Cl. The Kier molecular flexibility index (Phi) is 3.09. The first-order valence-corrected chi connectivity index (χ1v) is 3.84. The van der Waals surface area contributed by atoms with Crippen LogP contribution in [-0.2, 0) is 4.74 Å². The molecule has 0 unspecified atom stereocenters. The van der Waals surface area contributed by atoms with E-state index in [-0.39, 0.29) is 0 Å². The number of nitriles is 1. The monoisotopic (exact) mass is 181 g/mol. The standard InChI is InChI=1S/C9H8ClNO/c1-12-9(6-11)7-4-2-3-5-8(7)10/h2-5,9H,1H3/t9-/m0/s1. The van der Waals surface area contributed by atoms with Crippen LogP contribution < -0.4 is 0 Å². The van der Waals surface area contributed by atoms with Crippen molar-refractivity contribution < 1.29 is 4.74 Å². The summed E-state index contributed by atoms with van der Waals surface area (Å²) in [6.07, 6.45) is -0.571. The summed E-state index contributed by atoms with van der Waals surface area (Å²) in [4.78, 5) is 0. The molecule has 0 fully saturated rings. The molecule has 1 aromatic carbocycles. The minimum absolute atomic E-state index is 0.561. The number of halogens is 1. The molecular weight excluding hydrogens is 174 g/mol. The van der Waals surface area contributed by atoms with E-state index < -0.39 is 6.10 Å². The lowest BCUT2D eigenvalue weighted by Crippen LogP contribution is -1.98. The molecule has 0 aliphatic rings. The molecule has 62 valence electrons. The summed E-state index contributed by atoms with van der Waals surface area (Å²) in [5.41, 5.74) is 0.712. The van der Waals surface area contributed by atoms with Gasteiger partial charge in [0.25, 0.3) is 0 Å². The lowest BCUT2D eigenvalue weighted by atomic mass is 10.1. The molecule has 1 rings (SSSR count). The summed E-state index contributed by atoms with van der Waals surface area (Å²) in [6, 6.07) is 9.16. The average molecular weight is 182 g/mol. The second-order valence-corrected chi connectivity index (χ2v) is 2.67. The quantitative estimate of drug-likeness (QED) is 0.703. The van der Waals surface area contributed by atoms with Gasteiger partial charge in [-0.1, -0.05) is 29.8 Å². The van der Waals surface area contributed by atoms with Crippen LogP contribution in [0.15, 0.2) is 24.3 Å². The van der Waals surface area contributed by atoms with Crippen LogP contribution in [0.5, 0.6) is 0 Å². The lowest BCUT2D eigenvalue weighted by Gasteiger charge is -2.07. The maximum absolute atomic E-state index is 8.67. The van der Waals surface area contributed by atoms with Crippen molar-refractivity contribution in [2.24, 2.45) is 0 Å². The minimum Gasteiger partial charge on any atom is -0.362 e. The largest absolute Gasteiger partial charge is 0.362 e. The predicted molar refractivity (Wildman–Crippen MR) is 46.8 cm³/mol. The fourth-order valence-electron chi connectivity index (χ4n) is 0.937. The molecule has 3 heteroatoms. The molecule has 2 nitrogen and oxygen atoms in total. The summed E-state index contributed by atoms with van der Waals surface area (Å²) in [5.74, 6) is 0. The fourth-order valence-corrected chi connectivity index (χ4v) is 1.17. The third-order valence-electron chi connectivity index (χ3n) is 1.54. The highest BCUT2D eigenvalue weighted by Crippen LogP contribution is 2.23. The van der Waals surface area contributed by atoms with Crippen LogP contribution in [0, 0.1) is 11.3 Å². The van der Waals surface area contributed by atoms with E-state index in [2.05, 4.69) is 0 Å². The number of ether oxygens (including phenoxy) is 1. The van der Waals surface area contributed by atoms with Crippen molar-refractivity contribution in [3.05, 3.63) is 34.9 Å². The second-order valence-electron chi connectivity index (χ2n) is 2.27. The van der Waals surface area contributed by atoms with E-state index in [1.807, 2.05) is 18.2 Å². The maximum atomic E-state index is 8.67. The van der Waals surface area contributed by atoms with Gasteiger partial charge >= 0.3 is 0 Å². The number of hydrogen-bond donors (Lipinski definition) is 0.